The minimum Gasteiger partial charge on any atom is -0.493 e. The lowest BCUT2D eigenvalue weighted by atomic mass is 10.3. The van der Waals surface area contributed by atoms with Crippen molar-refractivity contribution in [1.29, 1.82) is 0 Å². The Hall–Kier alpha value is -2.48. The SMILES string of the molecule is O=c1[nH]c(O)c(C=c2ccc(=C3N=c4cc(Cl)c(Cl)cc4=N3)cn2)s1. The maximum absolute atomic E-state index is 11.2. The van der Waals surface area contributed by atoms with Gasteiger partial charge in [-0.1, -0.05) is 34.5 Å². The normalized spacial score (nSPS) is 13.5. The molecule has 0 saturated carbocycles. The number of pyridine rings is 1. The van der Waals surface area contributed by atoms with Crippen LogP contribution in [-0.4, -0.2) is 15.1 Å². The Morgan fingerprint density at radius 3 is 2.32 bits per heavy atom. The van der Waals surface area contributed by atoms with Gasteiger partial charge in [-0.25, -0.2) is 9.98 Å². The predicted molar refractivity (Wildman–Crippen MR) is 95.8 cm³/mol. The van der Waals surface area contributed by atoms with E-state index in [1.807, 2.05) is 6.07 Å². The quantitative estimate of drug-likeness (QED) is 0.640. The van der Waals surface area contributed by atoms with Crippen molar-refractivity contribution in [3.63, 3.8) is 0 Å². The van der Waals surface area contributed by atoms with E-state index < -0.39 is 0 Å². The van der Waals surface area contributed by atoms with Crippen LogP contribution in [0.2, 0.25) is 10.0 Å². The summed E-state index contributed by atoms with van der Waals surface area (Å²) in [6, 6.07) is 6.90. The molecule has 0 aliphatic carbocycles. The van der Waals surface area contributed by atoms with E-state index in [0.29, 0.717) is 36.8 Å². The molecule has 9 heteroatoms. The standard InChI is InChI=1S/C16H8Cl2N4O2S/c17-9-4-11-12(5-10(9)18)21-14(20-11)7-1-2-8(19-6-7)3-13-15(23)22-16(24)25-13/h1-6,23H,(H,22,24). The predicted octanol–water partition coefficient (Wildman–Crippen LogP) is 0.691. The highest BCUT2D eigenvalue weighted by Gasteiger charge is 2.07. The number of aromatic nitrogens is 2. The first-order valence-corrected chi connectivity index (χ1v) is 8.59. The molecule has 1 aliphatic heterocycles. The van der Waals surface area contributed by atoms with Gasteiger partial charge in [-0.3, -0.25) is 14.8 Å². The molecule has 4 rings (SSSR count). The van der Waals surface area contributed by atoms with Gasteiger partial charge in [0.05, 0.1) is 31.0 Å². The first-order valence-electron chi connectivity index (χ1n) is 7.02. The Morgan fingerprint density at radius 1 is 1.12 bits per heavy atom. The van der Waals surface area contributed by atoms with Crippen LogP contribution in [0.5, 0.6) is 5.88 Å². The van der Waals surface area contributed by atoms with Crippen LogP contribution in [0, 0.1) is 0 Å². The molecule has 0 atom stereocenters. The smallest absolute Gasteiger partial charge is 0.307 e. The molecular formula is C16H8Cl2N4O2S. The number of hydrogen-bond donors (Lipinski definition) is 2. The highest BCUT2D eigenvalue weighted by Crippen LogP contribution is 2.17. The fraction of sp³-hybridized carbons (Fsp3) is 0. The van der Waals surface area contributed by atoms with Crippen molar-refractivity contribution in [3.8, 4) is 5.88 Å². The number of fused-ring (bicyclic) bond motifs is 1. The van der Waals surface area contributed by atoms with Gasteiger partial charge in [-0.2, -0.15) is 0 Å². The molecule has 0 amide bonds. The summed E-state index contributed by atoms with van der Waals surface area (Å²) >= 11 is 12.9. The van der Waals surface area contributed by atoms with Gasteiger partial charge >= 0.3 is 4.87 Å². The Bertz CT molecular complexity index is 1240. The summed E-state index contributed by atoms with van der Waals surface area (Å²) in [5.41, 5.74) is 0. The molecule has 124 valence electrons. The molecule has 0 unspecified atom stereocenters. The third-order valence-corrected chi connectivity index (χ3v) is 4.99. The van der Waals surface area contributed by atoms with Crippen LogP contribution >= 0.6 is 34.5 Å². The van der Waals surface area contributed by atoms with E-state index in [0.717, 1.165) is 16.6 Å². The number of thiazole rings is 1. The van der Waals surface area contributed by atoms with Crippen molar-refractivity contribution >= 4 is 46.4 Å². The van der Waals surface area contributed by atoms with Gasteiger partial charge in [0.1, 0.15) is 0 Å². The molecule has 0 saturated heterocycles. The Morgan fingerprint density at radius 2 is 1.80 bits per heavy atom. The van der Waals surface area contributed by atoms with Crippen molar-refractivity contribution in [2.45, 2.75) is 0 Å². The molecule has 0 spiro atoms. The van der Waals surface area contributed by atoms with E-state index in [2.05, 4.69) is 20.0 Å². The Balaban J connectivity index is 1.81. The van der Waals surface area contributed by atoms with Crippen LogP contribution in [0.15, 0.2) is 45.2 Å². The van der Waals surface area contributed by atoms with Gasteiger partial charge in [0.2, 0.25) is 5.88 Å². The van der Waals surface area contributed by atoms with Gasteiger partial charge < -0.3 is 5.11 Å². The lowest BCUT2D eigenvalue weighted by Crippen LogP contribution is -2.20. The maximum Gasteiger partial charge on any atom is 0.307 e. The molecule has 0 bridgehead atoms. The molecule has 0 fully saturated rings. The average Bonchev–Trinajstić information content (AvgIpc) is 3.11. The third kappa shape index (κ3) is 3.09. The van der Waals surface area contributed by atoms with Crippen LogP contribution in [0.3, 0.4) is 0 Å². The summed E-state index contributed by atoms with van der Waals surface area (Å²) < 4.78 is 0. The summed E-state index contributed by atoms with van der Waals surface area (Å²) in [5.74, 6) is 0.349. The van der Waals surface area contributed by atoms with Gasteiger partial charge in [-0.05, 0) is 30.3 Å². The number of nitrogens with zero attached hydrogens (tertiary/aromatic N) is 3. The van der Waals surface area contributed by atoms with Gasteiger partial charge in [0, 0.05) is 11.4 Å². The fourth-order valence-corrected chi connectivity index (χ4v) is 3.26. The second-order valence-corrected chi connectivity index (χ2v) is 6.97. The summed E-state index contributed by atoms with van der Waals surface area (Å²) in [5, 5.41) is 13.1. The Labute approximate surface area is 153 Å². The zero-order valence-electron chi connectivity index (χ0n) is 12.3. The summed E-state index contributed by atoms with van der Waals surface area (Å²) in [7, 11) is 0. The monoisotopic (exact) mass is 390 g/mol. The fourth-order valence-electron chi connectivity index (χ4n) is 2.27. The highest BCUT2D eigenvalue weighted by molar-refractivity contribution is 7.10. The molecule has 6 nitrogen and oxygen atoms in total. The van der Waals surface area contributed by atoms with E-state index >= 15 is 0 Å². The zero-order chi connectivity index (χ0) is 17.6. The number of nitrogens with one attached hydrogen (secondary N) is 1. The van der Waals surface area contributed by atoms with Crippen LogP contribution in [0.1, 0.15) is 4.88 Å². The summed E-state index contributed by atoms with van der Waals surface area (Å²) in [6.07, 6.45) is 3.24. The summed E-state index contributed by atoms with van der Waals surface area (Å²) in [6.45, 7) is 0. The van der Waals surface area contributed by atoms with Gasteiger partial charge in [-0.15, -0.1) is 0 Å². The average molecular weight is 391 g/mol. The Kier molecular flexibility index (Phi) is 3.91. The number of hydrogen-bond acceptors (Lipinski definition) is 6. The van der Waals surface area contributed by atoms with Crippen molar-refractivity contribution in [1.82, 2.24) is 9.97 Å². The van der Waals surface area contributed by atoms with Gasteiger partial charge in [0.25, 0.3) is 0 Å². The van der Waals surface area contributed by atoms with Crippen LogP contribution in [0.4, 0.5) is 0 Å². The van der Waals surface area contributed by atoms with Crippen LogP contribution < -0.4 is 26.2 Å². The molecule has 2 aromatic heterocycles. The number of rotatable bonds is 1. The van der Waals surface area contributed by atoms with Crippen molar-refractivity contribution in [3.05, 3.63) is 76.3 Å². The number of aromatic amines is 1. The van der Waals surface area contributed by atoms with Crippen LogP contribution in [-0.2, 0) is 0 Å². The molecule has 0 radical (unpaired) electrons. The van der Waals surface area contributed by atoms with Crippen LogP contribution in [0.25, 0.3) is 11.9 Å². The van der Waals surface area contributed by atoms with E-state index in [1.54, 1.807) is 30.5 Å². The zero-order valence-corrected chi connectivity index (χ0v) is 14.7. The molecule has 1 aliphatic rings. The maximum atomic E-state index is 11.2. The third-order valence-electron chi connectivity index (χ3n) is 3.45. The lowest BCUT2D eigenvalue weighted by molar-refractivity contribution is 0.455. The van der Waals surface area contributed by atoms with E-state index in [9.17, 15) is 9.90 Å². The first-order chi connectivity index (χ1) is 12.0. The number of H-pyrrole nitrogens is 1. The highest BCUT2D eigenvalue weighted by atomic mass is 35.5. The van der Waals surface area contributed by atoms with Crippen molar-refractivity contribution < 1.29 is 5.11 Å². The molecule has 2 N–H and O–H groups in total. The number of aromatic hydroxyl groups is 1. The molecule has 25 heavy (non-hydrogen) atoms. The van der Waals surface area contributed by atoms with Crippen molar-refractivity contribution in [2.24, 2.45) is 9.98 Å². The molecule has 3 aromatic rings. The number of benzene rings is 1. The molecule has 1 aromatic carbocycles. The minimum atomic E-state index is -0.324. The topological polar surface area (TPSA) is 90.7 Å². The molecule has 3 heterocycles. The first kappa shape index (κ1) is 16.0. The largest absolute Gasteiger partial charge is 0.493 e. The van der Waals surface area contributed by atoms with E-state index in [1.165, 1.54) is 0 Å². The van der Waals surface area contributed by atoms with Crippen molar-refractivity contribution in [2.75, 3.05) is 0 Å². The van der Waals surface area contributed by atoms with E-state index in [-0.39, 0.29) is 10.8 Å². The number of halogens is 2. The minimum absolute atomic E-state index is 0.166. The summed E-state index contributed by atoms with van der Waals surface area (Å²) in [4.78, 5) is 26.8. The molecular weight excluding hydrogens is 383 g/mol. The lowest BCUT2D eigenvalue weighted by Gasteiger charge is -1.91. The second kappa shape index (κ2) is 6.11. The van der Waals surface area contributed by atoms with E-state index in [4.69, 9.17) is 23.2 Å². The van der Waals surface area contributed by atoms with Gasteiger partial charge in [0.15, 0.2) is 5.82 Å². The second-order valence-electron chi connectivity index (χ2n) is 5.15.